The quantitative estimate of drug-likeness (QED) is 0.496. The molecule has 0 saturated carbocycles. The second kappa shape index (κ2) is 9.66. The van der Waals surface area contributed by atoms with E-state index in [-0.39, 0.29) is 16.7 Å². The van der Waals surface area contributed by atoms with Crippen LogP contribution in [0.1, 0.15) is 5.56 Å². The molecule has 1 aromatic heterocycles. The van der Waals surface area contributed by atoms with Crippen molar-refractivity contribution in [3.8, 4) is 23.1 Å². The van der Waals surface area contributed by atoms with E-state index in [1.807, 2.05) is 24.3 Å². The van der Waals surface area contributed by atoms with Gasteiger partial charge in [0.2, 0.25) is 5.91 Å². The van der Waals surface area contributed by atoms with Gasteiger partial charge in [-0.05, 0) is 36.4 Å². The predicted molar refractivity (Wildman–Crippen MR) is 117 cm³/mol. The highest BCUT2D eigenvalue weighted by atomic mass is 35.5. The molecule has 0 atom stereocenters. The van der Waals surface area contributed by atoms with Crippen molar-refractivity contribution < 1.29 is 9.53 Å². The van der Waals surface area contributed by atoms with Crippen LogP contribution in [0.25, 0.3) is 11.3 Å². The third-order valence-electron chi connectivity index (χ3n) is 3.91. The summed E-state index contributed by atoms with van der Waals surface area (Å²) in [6, 6.07) is 18.0. The molecule has 29 heavy (non-hydrogen) atoms. The van der Waals surface area contributed by atoms with Gasteiger partial charge < -0.3 is 10.1 Å². The molecule has 0 fully saturated rings. The van der Waals surface area contributed by atoms with Crippen LogP contribution >= 0.6 is 35.0 Å². The minimum Gasteiger partial charge on any atom is -0.497 e. The van der Waals surface area contributed by atoms with Crippen molar-refractivity contribution in [1.82, 2.24) is 4.98 Å². The number of hydrogen-bond acceptors (Lipinski definition) is 5. The van der Waals surface area contributed by atoms with Gasteiger partial charge in [0.25, 0.3) is 0 Å². The Balaban J connectivity index is 1.76. The highest BCUT2D eigenvalue weighted by molar-refractivity contribution is 8.00. The molecule has 2 aromatic carbocycles. The van der Waals surface area contributed by atoms with Crippen LogP contribution in [0.4, 0.5) is 5.69 Å². The molecule has 0 spiro atoms. The van der Waals surface area contributed by atoms with Crippen LogP contribution < -0.4 is 10.1 Å². The third-order valence-corrected chi connectivity index (χ3v) is 5.72. The van der Waals surface area contributed by atoms with Gasteiger partial charge in [0.1, 0.15) is 16.8 Å². The molecule has 0 aliphatic carbocycles. The Hall–Kier alpha value is -2.72. The molecule has 1 amide bonds. The molecule has 3 aromatic rings. The van der Waals surface area contributed by atoms with Crippen LogP contribution in [0.15, 0.2) is 59.6 Å². The Kier molecular flexibility index (Phi) is 6.99. The summed E-state index contributed by atoms with van der Waals surface area (Å²) in [5.41, 5.74) is 2.37. The van der Waals surface area contributed by atoms with Gasteiger partial charge in [-0.1, -0.05) is 53.2 Å². The number of nitrogens with one attached hydrogen (secondary N) is 1. The first kappa shape index (κ1) is 21.0. The Bertz CT molecular complexity index is 1100. The molecule has 0 unspecified atom stereocenters. The van der Waals surface area contributed by atoms with Gasteiger partial charge in [-0.3, -0.25) is 4.79 Å². The predicted octanol–water partition coefficient (Wildman–Crippen LogP) is 5.67. The molecule has 1 heterocycles. The number of amides is 1. The summed E-state index contributed by atoms with van der Waals surface area (Å²) in [7, 11) is 1.59. The molecular formula is C21H15Cl2N3O2S. The van der Waals surface area contributed by atoms with Crippen molar-refractivity contribution >= 4 is 46.6 Å². The summed E-state index contributed by atoms with van der Waals surface area (Å²) < 4.78 is 5.25. The van der Waals surface area contributed by atoms with Crippen LogP contribution in [0.2, 0.25) is 10.0 Å². The van der Waals surface area contributed by atoms with Crippen molar-refractivity contribution in [2.24, 2.45) is 0 Å². The zero-order chi connectivity index (χ0) is 20.8. The first-order chi connectivity index (χ1) is 14.0. The number of methoxy groups -OCH3 is 1. The fourth-order valence-electron chi connectivity index (χ4n) is 2.50. The smallest absolute Gasteiger partial charge is 0.234 e. The largest absolute Gasteiger partial charge is 0.497 e. The van der Waals surface area contributed by atoms with Crippen LogP contribution in [-0.2, 0) is 4.79 Å². The standard InChI is InChI=1S/C21H15Cl2N3O2S/c1-28-15-5-2-4-13(10-15)17-9-8-14(11-24)21(26-17)29-12-19(27)25-18-7-3-6-16(22)20(18)23/h2-10H,12H2,1H3,(H,25,27). The maximum Gasteiger partial charge on any atom is 0.234 e. The molecule has 0 bridgehead atoms. The minimum absolute atomic E-state index is 0.0616. The van der Waals surface area contributed by atoms with Gasteiger partial charge in [-0.2, -0.15) is 5.26 Å². The number of rotatable bonds is 6. The number of aromatic nitrogens is 1. The van der Waals surface area contributed by atoms with Crippen LogP contribution in [0, 0.1) is 11.3 Å². The number of thioether (sulfide) groups is 1. The zero-order valence-corrected chi connectivity index (χ0v) is 17.6. The first-order valence-electron chi connectivity index (χ1n) is 8.44. The monoisotopic (exact) mass is 443 g/mol. The summed E-state index contributed by atoms with van der Waals surface area (Å²) in [4.78, 5) is 16.9. The molecule has 0 aliphatic heterocycles. The van der Waals surface area contributed by atoms with Crippen LogP contribution in [0.5, 0.6) is 5.75 Å². The number of carbonyl (C=O) groups is 1. The average Bonchev–Trinajstić information content (AvgIpc) is 2.75. The molecule has 5 nitrogen and oxygen atoms in total. The second-order valence-electron chi connectivity index (χ2n) is 5.83. The minimum atomic E-state index is -0.281. The van der Waals surface area contributed by atoms with Crippen molar-refractivity contribution in [2.45, 2.75) is 5.03 Å². The summed E-state index contributed by atoms with van der Waals surface area (Å²) >= 11 is 13.2. The molecule has 0 aliphatic rings. The number of nitriles is 1. The topological polar surface area (TPSA) is 75.0 Å². The van der Waals surface area contributed by atoms with Gasteiger partial charge in [0, 0.05) is 5.56 Å². The summed E-state index contributed by atoms with van der Waals surface area (Å²) in [5, 5.41) is 13.2. The molecule has 3 rings (SSSR count). The summed E-state index contributed by atoms with van der Waals surface area (Å²) in [5.74, 6) is 0.490. The van der Waals surface area contributed by atoms with E-state index in [9.17, 15) is 10.1 Å². The Morgan fingerprint density at radius 1 is 1.21 bits per heavy atom. The fraction of sp³-hybridized carbons (Fsp3) is 0.0952. The molecule has 0 saturated heterocycles. The Morgan fingerprint density at radius 2 is 2.00 bits per heavy atom. The van der Waals surface area contributed by atoms with E-state index in [1.165, 1.54) is 11.8 Å². The van der Waals surface area contributed by atoms with Crippen molar-refractivity contribution in [1.29, 1.82) is 5.26 Å². The Labute approximate surface area is 182 Å². The number of carbonyl (C=O) groups excluding carboxylic acids is 1. The van der Waals surface area contributed by atoms with Gasteiger partial charge in [0.15, 0.2) is 0 Å². The lowest BCUT2D eigenvalue weighted by molar-refractivity contribution is -0.113. The van der Waals surface area contributed by atoms with E-state index >= 15 is 0 Å². The van der Waals surface area contributed by atoms with E-state index in [0.29, 0.717) is 32.7 Å². The van der Waals surface area contributed by atoms with E-state index in [2.05, 4.69) is 16.4 Å². The van der Waals surface area contributed by atoms with E-state index < -0.39 is 0 Å². The van der Waals surface area contributed by atoms with E-state index in [4.69, 9.17) is 27.9 Å². The molecule has 1 N–H and O–H groups in total. The maximum atomic E-state index is 12.3. The van der Waals surface area contributed by atoms with E-state index in [0.717, 1.165) is 5.56 Å². The highest BCUT2D eigenvalue weighted by Gasteiger charge is 2.13. The van der Waals surface area contributed by atoms with Crippen molar-refractivity contribution in [3.63, 3.8) is 0 Å². The van der Waals surface area contributed by atoms with Gasteiger partial charge in [0.05, 0.1) is 39.9 Å². The van der Waals surface area contributed by atoms with Gasteiger partial charge in [-0.15, -0.1) is 0 Å². The lowest BCUT2D eigenvalue weighted by Gasteiger charge is -2.09. The lowest BCUT2D eigenvalue weighted by Crippen LogP contribution is -2.14. The number of hydrogen-bond donors (Lipinski definition) is 1. The first-order valence-corrected chi connectivity index (χ1v) is 10.2. The second-order valence-corrected chi connectivity index (χ2v) is 7.58. The van der Waals surface area contributed by atoms with Crippen LogP contribution in [-0.4, -0.2) is 23.8 Å². The maximum absolute atomic E-state index is 12.3. The normalized spacial score (nSPS) is 10.3. The summed E-state index contributed by atoms with van der Waals surface area (Å²) in [6.07, 6.45) is 0. The summed E-state index contributed by atoms with van der Waals surface area (Å²) in [6.45, 7) is 0. The van der Waals surface area contributed by atoms with Crippen LogP contribution in [0.3, 0.4) is 0 Å². The van der Waals surface area contributed by atoms with Crippen molar-refractivity contribution in [2.75, 3.05) is 18.2 Å². The van der Waals surface area contributed by atoms with Crippen molar-refractivity contribution in [3.05, 3.63) is 70.2 Å². The lowest BCUT2D eigenvalue weighted by atomic mass is 10.1. The average molecular weight is 444 g/mol. The van der Waals surface area contributed by atoms with E-state index in [1.54, 1.807) is 37.4 Å². The number of benzene rings is 2. The number of pyridine rings is 1. The Morgan fingerprint density at radius 3 is 2.76 bits per heavy atom. The van der Waals surface area contributed by atoms with Gasteiger partial charge >= 0.3 is 0 Å². The number of halogens is 2. The molecular weight excluding hydrogens is 429 g/mol. The number of nitrogens with zero attached hydrogens (tertiary/aromatic N) is 2. The third kappa shape index (κ3) is 5.21. The zero-order valence-electron chi connectivity index (χ0n) is 15.3. The SMILES string of the molecule is COc1cccc(-c2ccc(C#N)c(SCC(=O)Nc3cccc(Cl)c3Cl)n2)c1. The fourth-order valence-corrected chi connectivity index (χ4v) is 3.62. The number of anilines is 1. The highest BCUT2D eigenvalue weighted by Crippen LogP contribution is 2.30. The van der Waals surface area contributed by atoms with Gasteiger partial charge in [-0.25, -0.2) is 4.98 Å². The molecule has 0 radical (unpaired) electrons. The number of ether oxygens (including phenoxy) is 1. The molecule has 146 valence electrons. The molecule has 8 heteroatoms.